The first-order valence-electron chi connectivity index (χ1n) is 7.07. The molecule has 0 unspecified atom stereocenters. The summed E-state index contributed by atoms with van der Waals surface area (Å²) in [5.41, 5.74) is -0.615. The fraction of sp³-hybridized carbons (Fsp3) is 0.500. The summed E-state index contributed by atoms with van der Waals surface area (Å²) in [5.74, 6) is -0.636. The maximum absolute atomic E-state index is 12.0. The lowest BCUT2D eigenvalue weighted by atomic mass is 10.0. The fourth-order valence-electron chi connectivity index (χ4n) is 1.61. The van der Waals surface area contributed by atoms with Crippen molar-refractivity contribution in [1.82, 2.24) is 10.6 Å². The van der Waals surface area contributed by atoms with Crippen LogP contribution in [-0.4, -0.2) is 46.3 Å². The molecular weight excluding hydrogens is 284 g/mol. The molecule has 6 nitrogen and oxygen atoms in total. The van der Waals surface area contributed by atoms with Crippen LogP contribution in [0.4, 0.5) is 0 Å². The summed E-state index contributed by atoms with van der Waals surface area (Å²) in [6.07, 6.45) is 0. The molecule has 22 heavy (non-hydrogen) atoms. The minimum Gasteiger partial charge on any atom is -0.394 e. The van der Waals surface area contributed by atoms with Crippen LogP contribution in [0.15, 0.2) is 24.3 Å². The first kappa shape index (κ1) is 18.1. The Labute approximate surface area is 130 Å². The molecule has 0 radical (unpaired) electrons. The highest BCUT2D eigenvalue weighted by molar-refractivity contribution is 5.98. The van der Waals surface area contributed by atoms with Crippen LogP contribution in [-0.2, 0) is 0 Å². The predicted octanol–water partition coefficient (Wildman–Crippen LogP) is 0.688. The standard InChI is InChI=1S/C16H24N2O4/c1-15(2,9-19)17-13(21)11-5-7-12(8-6-11)14(22)18-16(3,4)10-20/h5-8,19-20H,9-10H2,1-4H3,(H,17,21)(H,18,22). The highest BCUT2D eigenvalue weighted by atomic mass is 16.3. The normalized spacial score (nSPS) is 11.9. The summed E-state index contributed by atoms with van der Waals surface area (Å²) in [6.45, 7) is 6.51. The smallest absolute Gasteiger partial charge is 0.251 e. The van der Waals surface area contributed by atoms with Crippen molar-refractivity contribution in [3.8, 4) is 0 Å². The Balaban J connectivity index is 2.79. The average Bonchev–Trinajstić information content (AvgIpc) is 2.46. The van der Waals surface area contributed by atoms with Crippen molar-refractivity contribution in [2.24, 2.45) is 0 Å². The van der Waals surface area contributed by atoms with Crippen molar-refractivity contribution in [2.45, 2.75) is 38.8 Å². The molecule has 0 saturated heterocycles. The van der Waals surface area contributed by atoms with E-state index in [1.54, 1.807) is 52.0 Å². The molecular formula is C16H24N2O4. The SMILES string of the molecule is CC(C)(CO)NC(=O)c1ccc(C(=O)NC(C)(C)CO)cc1. The number of aliphatic hydroxyl groups excluding tert-OH is 2. The summed E-state index contributed by atoms with van der Waals surface area (Å²) < 4.78 is 0. The highest BCUT2D eigenvalue weighted by Gasteiger charge is 2.22. The van der Waals surface area contributed by atoms with Gasteiger partial charge in [0.25, 0.3) is 11.8 Å². The molecule has 1 rings (SSSR count). The number of carbonyl (C=O) groups excluding carboxylic acids is 2. The van der Waals surface area contributed by atoms with Crippen LogP contribution in [0.3, 0.4) is 0 Å². The second-order valence-corrected chi connectivity index (χ2v) is 6.57. The number of hydrogen-bond donors (Lipinski definition) is 4. The third-order valence-corrected chi connectivity index (χ3v) is 3.10. The number of aliphatic hydroxyl groups is 2. The minimum atomic E-state index is -0.710. The zero-order valence-electron chi connectivity index (χ0n) is 13.4. The number of amides is 2. The maximum atomic E-state index is 12.0. The second kappa shape index (κ2) is 6.89. The minimum absolute atomic E-state index is 0.171. The van der Waals surface area contributed by atoms with E-state index in [4.69, 9.17) is 10.2 Å². The molecule has 4 N–H and O–H groups in total. The molecule has 0 fully saturated rings. The Kier molecular flexibility index (Phi) is 5.68. The van der Waals surface area contributed by atoms with Gasteiger partial charge in [-0.25, -0.2) is 0 Å². The van der Waals surface area contributed by atoms with Gasteiger partial charge in [-0.1, -0.05) is 0 Å². The van der Waals surface area contributed by atoms with E-state index >= 15 is 0 Å². The molecule has 1 aromatic carbocycles. The Morgan fingerprint density at radius 3 is 1.32 bits per heavy atom. The molecule has 1 aromatic rings. The van der Waals surface area contributed by atoms with E-state index in [-0.39, 0.29) is 25.0 Å². The lowest BCUT2D eigenvalue weighted by molar-refractivity contribution is 0.0858. The highest BCUT2D eigenvalue weighted by Crippen LogP contribution is 2.09. The van der Waals surface area contributed by atoms with Crippen LogP contribution in [0.2, 0.25) is 0 Å². The van der Waals surface area contributed by atoms with Crippen molar-refractivity contribution in [2.75, 3.05) is 13.2 Å². The number of carbonyl (C=O) groups is 2. The van der Waals surface area contributed by atoms with Crippen molar-refractivity contribution in [3.63, 3.8) is 0 Å². The summed E-state index contributed by atoms with van der Waals surface area (Å²) in [4.78, 5) is 24.0. The van der Waals surface area contributed by atoms with E-state index in [1.165, 1.54) is 0 Å². The predicted molar refractivity (Wildman–Crippen MR) is 83.7 cm³/mol. The van der Waals surface area contributed by atoms with Gasteiger partial charge in [0.15, 0.2) is 0 Å². The van der Waals surface area contributed by atoms with Crippen LogP contribution >= 0.6 is 0 Å². The van der Waals surface area contributed by atoms with Crippen molar-refractivity contribution >= 4 is 11.8 Å². The van der Waals surface area contributed by atoms with Crippen LogP contribution in [0, 0.1) is 0 Å². The zero-order valence-corrected chi connectivity index (χ0v) is 13.4. The number of hydrogen-bond acceptors (Lipinski definition) is 4. The third-order valence-electron chi connectivity index (χ3n) is 3.10. The maximum Gasteiger partial charge on any atom is 0.251 e. The van der Waals surface area contributed by atoms with Gasteiger partial charge in [0.1, 0.15) is 0 Å². The lowest BCUT2D eigenvalue weighted by Gasteiger charge is -2.24. The third kappa shape index (κ3) is 5.13. The van der Waals surface area contributed by atoms with Gasteiger partial charge in [-0.15, -0.1) is 0 Å². The van der Waals surface area contributed by atoms with Gasteiger partial charge in [0.05, 0.1) is 24.3 Å². The molecule has 0 bridgehead atoms. The van der Waals surface area contributed by atoms with Crippen LogP contribution in [0.25, 0.3) is 0 Å². The van der Waals surface area contributed by atoms with E-state index in [0.29, 0.717) is 11.1 Å². The van der Waals surface area contributed by atoms with Crippen molar-refractivity contribution in [3.05, 3.63) is 35.4 Å². The van der Waals surface area contributed by atoms with Crippen LogP contribution in [0.1, 0.15) is 48.4 Å². The fourth-order valence-corrected chi connectivity index (χ4v) is 1.61. The van der Waals surface area contributed by atoms with Gasteiger partial charge < -0.3 is 20.8 Å². The van der Waals surface area contributed by atoms with E-state index < -0.39 is 11.1 Å². The number of rotatable bonds is 6. The number of nitrogens with one attached hydrogen (secondary N) is 2. The molecule has 2 amide bonds. The Hall–Kier alpha value is -1.92. The zero-order chi connectivity index (χ0) is 17.0. The molecule has 0 aliphatic rings. The van der Waals surface area contributed by atoms with Gasteiger partial charge in [-0.2, -0.15) is 0 Å². The quantitative estimate of drug-likeness (QED) is 0.621. The number of benzene rings is 1. The van der Waals surface area contributed by atoms with Crippen LogP contribution in [0.5, 0.6) is 0 Å². The second-order valence-electron chi connectivity index (χ2n) is 6.57. The average molecular weight is 308 g/mol. The van der Waals surface area contributed by atoms with Gasteiger partial charge in [0.2, 0.25) is 0 Å². The molecule has 6 heteroatoms. The van der Waals surface area contributed by atoms with E-state index in [9.17, 15) is 9.59 Å². The topological polar surface area (TPSA) is 98.7 Å². The summed E-state index contributed by atoms with van der Waals surface area (Å²) in [6, 6.07) is 6.18. The molecule has 0 saturated carbocycles. The largest absolute Gasteiger partial charge is 0.394 e. The van der Waals surface area contributed by atoms with Gasteiger partial charge >= 0.3 is 0 Å². The molecule has 0 aliphatic carbocycles. The van der Waals surface area contributed by atoms with Gasteiger partial charge in [-0.3, -0.25) is 9.59 Å². The lowest BCUT2D eigenvalue weighted by Crippen LogP contribution is -2.46. The van der Waals surface area contributed by atoms with E-state index in [0.717, 1.165) is 0 Å². The molecule has 0 heterocycles. The van der Waals surface area contributed by atoms with Crippen LogP contribution < -0.4 is 10.6 Å². The Morgan fingerprint density at radius 2 is 1.09 bits per heavy atom. The Bertz CT molecular complexity index is 487. The van der Waals surface area contributed by atoms with Gasteiger partial charge in [-0.05, 0) is 52.0 Å². The first-order valence-corrected chi connectivity index (χ1v) is 7.07. The molecule has 0 spiro atoms. The summed E-state index contributed by atoms with van der Waals surface area (Å²) >= 11 is 0. The van der Waals surface area contributed by atoms with E-state index in [2.05, 4.69) is 10.6 Å². The summed E-state index contributed by atoms with van der Waals surface area (Å²) in [5, 5.41) is 23.7. The van der Waals surface area contributed by atoms with E-state index in [1.807, 2.05) is 0 Å². The molecule has 0 atom stereocenters. The molecule has 0 aliphatic heterocycles. The molecule has 0 aromatic heterocycles. The monoisotopic (exact) mass is 308 g/mol. The van der Waals surface area contributed by atoms with Gasteiger partial charge in [0, 0.05) is 11.1 Å². The van der Waals surface area contributed by atoms with Crippen molar-refractivity contribution in [1.29, 1.82) is 0 Å². The Morgan fingerprint density at radius 1 is 0.818 bits per heavy atom. The first-order chi connectivity index (χ1) is 10.1. The summed E-state index contributed by atoms with van der Waals surface area (Å²) in [7, 11) is 0. The molecule has 122 valence electrons. The van der Waals surface area contributed by atoms with Crippen molar-refractivity contribution < 1.29 is 19.8 Å².